The number of guanidine groups is 1. The molecule has 0 aliphatic carbocycles. The lowest BCUT2D eigenvalue weighted by atomic mass is 9.88. The van der Waals surface area contributed by atoms with Crippen LogP contribution < -0.4 is 5.73 Å². The lowest BCUT2D eigenvalue weighted by molar-refractivity contribution is -0.130. The first kappa shape index (κ1) is 12.0. The monoisotopic (exact) mass is 211 g/mol. The summed E-state index contributed by atoms with van der Waals surface area (Å²) in [5.41, 5.74) is 5.15. The third-order valence-electron chi connectivity index (χ3n) is 2.98. The van der Waals surface area contributed by atoms with Crippen LogP contribution in [-0.2, 0) is 4.79 Å². The largest absolute Gasteiger partial charge is 0.369 e. The normalized spacial score (nSPS) is 25.9. The van der Waals surface area contributed by atoms with Crippen molar-refractivity contribution >= 4 is 11.9 Å². The zero-order valence-corrected chi connectivity index (χ0v) is 9.92. The summed E-state index contributed by atoms with van der Waals surface area (Å²) in [6.07, 6.45) is 4.69. The fourth-order valence-electron chi connectivity index (χ4n) is 2.09. The molecule has 0 aromatic heterocycles. The summed E-state index contributed by atoms with van der Waals surface area (Å²) in [5.74, 6) is 0.430. The molecule has 86 valence electrons. The fourth-order valence-corrected chi connectivity index (χ4v) is 2.09. The second kappa shape index (κ2) is 4.64. The van der Waals surface area contributed by atoms with Crippen LogP contribution in [0, 0.1) is 0 Å². The quantitative estimate of drug-likeness (QED) is 0.749. The summed E-state index contributed by atoms with van der Waals surface area (Å²) in [5, 5.41) is 0. The Hall–Kier alpha value is -1.06. The van der Waals surface area contributed by atoms with Crippen LogP contribution in [0.4, 0.5) is 0 Å². The van der Waals surface area contributed by atoms with Crippen LogP contribution in [0.3, 0.4) is 0 Å². The summed E-state index contributed by atoms with van der Waals surface area (Å²) in [7, 11) is 1.70. The molecule has 4 nitrogen and oxygen atoms in total. The molecule has 1 heterocycles. The first-order valence-corrected chi connectivity index (χ1v) is 5.71. The van der Waals surface area contributed by atoms with Crippen LogP contribution in [0.5, 0.6) is 0 Å². The highest BCUT2D eigenvalue weighted by molar-refractivity contribution is 6.06. The Morgan fingerprint density at radius 3 is 2.40 bits per heavy atom. The van der Waals surface area contributed by atoms with Crippen molar-refractivity contribution in [3.8, 4) is 0 Å². The molecule has 1 aliphatic rings. The SMILES string of the molecule is CCCCC1(CCC)N=C(N)N(C)C1=O. The molecule has 0 aromatic rings. The van der Waals surface area contributed by atoms with Crippen molar-refractivity contribution < 1.29 is 4.79 Å². The van der Waals surface area contributed by atoms with Crippen LogP contribution in [0.2, 0.25) is 0 Å². The number of hydrogen-bond donors (Lipinski definition) is 1. The van der Waals surface area contributed by atoms with Gasteiger partial charge in [0, 0.05) is 7.05 Å². The molecule has 1 unspecified atom stereocenters. The third-order valence-corrected chi connectivity index (χ3v) is 2.98. The van der Waals surface area contributed by atoms with E-state index in [1.807, 2.05) is 0 Å². The van der Waals surface area contributed by atoms with Crippen molar-refractivity contribution in [1.82, 2.24) is 4.90 Å². The van der Waals surface area contributed by atoms with Gasteiger partial charge >= 0.3 is 0 Å². The highest BCUT2D eigenvalue weighted by Crippen LogP contribution is 2.31. The van der Waals surface area contributed by atoms with Gasteiger partial charge in [0.15, 0.2) is 5.96 Å². The molecule has 2 N–H and O–H groups in total. The highest BCUT2D eigenvalue weighted by atomic mass is 16.2. The van der Waals surface area contributed by atoms with Crippen molar-refractivity contribution in [2.24, 2.45) is 10.7 Å². The maximum atomic E-state index is 12.1. The average molecular weight is 211 g/mol. The standard InChI is InChI=1S/C11H21N3O/c1-4-6-8-11(7-5-2)9(15)14(3)10(12)13-11/h4-8H2,1-3H3,(H2,12,13). The molecule has 1 amide bonds. The zero-order valence-electron chi connectivity index (χ0n) is 9.92. The van der Waals surface area contributed by atoms with Gasteiger partial charge in [-0.2, -0.15) is 0 Å². The maximum absolute atomic E-state index is 12.1. The number of carbonyl (C=O) groups is 1. The molecule has 4 heteroatoms. The van der Waals surface area contributed by atoms with Gasteiger partial charge in [0.05, 0.1) is 0 Å². The molecule has 1 atom stereocenters. The van der Waals surface area contributed by atoms with E-state index < -0.39 is 5.54 Å². The second-order valence-electron chi connectivity index (χ2n) is 4.22. The van der Waals surface area contributed by atoms with Gasteiger partial charge in [-0.05, 0) is 12.8 Å². The van der Waals surface area contributed by atoms with E-state index in [0.717, 1.165) is 32.1 Å². The van der Waals surface area contributed by atoms with Crippen molar-refractivity contribution in [3.05, 3.63) is 0 Å². The number of amides is 1. The summed E-state index contributed by atoms with van der Waals surface area (Å²) in [4.78, 5) is 17.9. The van der Waals surface area contributed by atoms with E-state index in [0.29, 0.717) is 5.96 Å². The van der Waals surface area contributed by atoms with E-state index >= 15 is 0 Å². The lowest BCUT2D eigenvalue weighted by Gasteiger charge is -2.23. The van der Waals surface area contributed by atoms with Crippen molar-refractivity contribution in [2.75, 3.05) is 7.05 Å². The van der Waals surface area contributed by atoms with Crippen molar-refractivity contribution in [1.29, 1.82) is 0 Å². The first-order chi connectivity index (χ1) is 7.07. The van der Waals surface area contributed by atoms with Gasteiger partial charge in [0.2, 0.25) is 0 Å². The van der Waals surface area contributed by atoms with E-state index in [1.54, 1.807) is 7.05 Å². The van der Waals surface area contributed by atoms with Gasteiger partial charge in [-0.25, -0.2) is 4.99 Å². The summed E-state index contributed by atoms with van der Waals surface area (Å²) >= 11 is 0. The van der Waals surface area contributed by atoms with Crippen LogP contribution in [0.1, 0.15) is 46.0 Å². The average Bonchev–Trinajstić information content (AvgIpc) is 2.42. The first-order valence-electron chi connectivity index (χ1n) is 5.71. The van der Waals surface area contributed by atoms with E-state index in [9.17, 15) is 4.79 Å². The van der Waals surface area contributed by atoms with E-state index in [1.165, 1.54) is 4.90 Å². The summed E-state index contributed by atoms with van der Waals surface area (Å²) in [6.45, 7) is 4.20. The Morgan fingerprint density at radius 1 is 1.33 bits per heavy atom. The maximum Gasteiger partial charge on any atom is 0.257 e. The number of hydrogen-bond acceptors (Lipinski definition) is 3. The fraction of sp³-hybridized carbons (Fsp3) is 0.818. The second-order valence-corrected chi connectivity index (χ2v) is 4.22. The molecule has 0 aromatic carbocycles. The molecule has 1 aliphatic heterocycles. The minimum atomic E-state index is -0.552. The summed E-state index contributed by atoms with van der Waals surface area (Å²) in [6, 6.07) is 0. The molecule has 0 radical (unpaired) electrons. The number of carbonyl (C=O) groups excluding carboxylic acids is 1. The summed E-state index contributed by atoms with van der Waals surface area (Å²) < 4.78 is 0. The molecular formula is C11H21N3O. The predicted octanol–water partition coefficient (Wildman–Crippen LogP) is 1.50. The molecule has 0 fully saturated rings. The Balaban J connectivity index is 2.86. The minimum Gasteiger partial charge on any atom is -0.369 e. The van der Waals surface area contributed by atoms with Crippen molar-refractivity contribution in [2.45, 2.75) is 51.5 Å². The smallest absolute Gasteiger partial charge is 0.257 e. The molecule has 15 heavy (non-hydrogen) atoms. The van der Waals surface area contributed by atoms with Crippen LogP contribution in [0.15, 0.2) is 4.99 Å². The van der Waals surface area contributed by atoms with E-state index in [4.69, 9.17) is 5.73 Å². The van der Waals surface area contributed by atoms with Gasteiger partial charge in [-0.15, -0.1) is 0 Å². The highest BCUT2D eigenvalue weighted by Gasteiger charge is 2.44. The van der Waals surface area contributed by atoms with Crippen LogP contribution in [0.25, 0.3) is 0 Å². The number of aliphatic imine (C=N–C) groups is 1. The van der Waals surface area contributed by atoms with Gasteiger partial charge < -0.3 is 5.73 Å². The van der Waals surface area contributed by atoms with Crippen LogP contribution >= 0.6 is 0 Å². The Labute approximate surface area is 91.5 Å². The van der Waals surface area contributed by atoms with Gasteiger partial charge in [-0.3, -0.25) is 9.69 Å². The molecule has 0 saturated heterocycles. The number of nitrogens with two attached hydrogens (primary N) is 1. The predicted molar refractivity (Wildman–Crippen MR) is 61.6 cm³/mol. The molecule has 1 rings (SSSR count). The number of nitrogens with zero attached hydrogens (tertiary/aromatic N) is 2. The van der Waals surface area contributed by atoms with Gasteiger partial charge in [0.1, 0.15) is 5.54 Å². The molecule has 0 spiro atoms. The van der Waals surface area contributed by atoms with E-state index in [-0.39, 0.29) is 5.91 Å². The number of likely N-dealkylation sites (N-methyl/N-ethyl adjacent to an activating group) is 1. The third kappa shape index (κ3) is 2.13. The van der Waals surface area contributed by atoms with Crippen LogP contribution in [-0.4, -0.2) is 29.4 Å². The van der Waals surface area contributed by atoms with Crippen molar-refractivity contribution in [3.63, 3.8) is 0 Å². The Bertz CT molecular complexity index is 275. The Morgan fingerprint density at radius 2 is 2.00 bits per heavy atom. The number of rotatable bonds is 5. The van der Waals surface area contributed by atoms with Gasteiger partial charge in [0.25, 0.3) is 5.91 Å². The van der Waals surface area contributed by atoms with E-state index in [2.05, 4.69) is 18.8 Å². The molecule has 0 saturated carbocycles. The zero-order chi connectivity index (χ0) is 11.5. The lowest BCUT2D eigenvalue weighted by Crippen LogP contribution is -2.42. The molecule has 0 bridgehead atoms. The topological polar surface area (TPSA) is 58.7 Å². The van der Waals surface area contributed by atoms with Gasteiger partial charge in [-0.1, -0.05) is 33.1 Å². The Kier molecular flexibility index (Phi) is 3.72. The molecular weight excluding hydrogens is 190 g/mol. The number of unbranched alkanes of at least 4 members (excludes halogenated alkanes) is 1. The minimum absolute atomic E-state index is 0.0651.